The molecule has 0 radical (unpaired) electrons. The number of ether oxygens (including phenoxy) is 3. The molecule has 3 aromatic rings. The lowest BCUT2D eigenvalue weighted by Crippen LogP contribution is -2.25. The van der Waals surface area contributed by atoms with E-state index in [2.05, 4.69) is 10.5 Å². The molecule has 0 heterocycles. The highest BCUT2D eigenvalue weighted by Crippen LogP contribution is 2.28. The molecule has 3 rings (SSSR count). The molecule has 0 saturated carbocycles. The van der Waals surface area contributed by atoms with E-state index in [4.69, 9.17) is 14.2 Å². The highest BCUT2D eigenvalue weighted by molar-refractivity contribution is 5.91. The van der Waals surface area contributed by atoms with Crippen molar-refractivity contribution < 1.29 is 28.2 Å². The van der Waals surface area contributed by atoms with Crippen molar-refractivity contribution in [1.29, 1.82) is 0 Å². The van der Waals surface area contributed by atoms with Gasteiger partial charge < -0.3 is 14.2 Å². The van der Waals surface area contributed by atoms with Crippen LogP contribution in [0, 0.1) is 19.7 Å². The van der Waals surface area contributed by atoms with Gasteiger partial charge in [-0.05, 0) is 66.9 Å². The number of methoxy groups -OCH3 is 1. The predicted octanol–water partition coefficient (Wildman–Crippen LogP) is 4.20. The molecule has 0 fully saturated rings. The van der Waals surface area contributed by atoms with Crippen molar-refractivity contribution in [3.63, 3.8) is 0 Å². The quantitative estimate of drug-likeness (QED) is 0.241. The van der Waals surface area contributed by atoms with E-state index >= 15 is 0 Å². The summed E-state index contributed by atoms with van der Waals surface area (Å²) in [5.74, 6) is -0.565. The van der Waals surface area contributed by atoms with Crippen LogP contribution in [0.15, 0.2) is 65.8 Å². The van der Waals surface area contributed by atoms with Gasteiger partial charge in [0.2, 0.25) is 0 Å². The van der Waals surface area contributed by atoms with Crippen molar-refractivity contribution in [1.82, 2.24) is 5.43 Å². The minimum Gasteiger partial charge on any atom is -0.493 e. The third-order valence-electron chi connectivity index (χ3n) is 4.61. The van der Waals surface area contributed by atoms with Gasteiger partial charge >= 0.3 is 5.97 Å². The van der Waals surface area contributed by atoms with E-state index in [1.165, 1.54) is 37.6 Å². The number of nitrogens with one attached hydrogen (secondary N) is 1. The number of rotatable bonds is 8. The molecule has 0 unspecified atom stereocenters. The van der Waals surface area contributed by atoms with Crippen LogP contribution in [0.3, 0.4) is 0 Å². The van der Waals surface area contributed by atoms with Gasteiger partial charge in [0.05, 0.1) is 18.9 Å². The highest BCUT2D eigenvalue weighted by Gasteiger charge is 2.13. The molecule has 0 atom stereocenters. The zero-order valence-corrected chi connectivity index (χ0v) is 18.4. The number of nitrogens with zero attached hydrogens (tertiary/aromatic N) is 1. The topological polar surface area (TPSA) is 86.2 Å². The Morgan fingerprint density at radius 3 is 2.42 bits per heavy atom. The summed E-state index contributed by atoms with van der Waals surface area (Å²) in [5.41, 5.74) is 4.95. The fourth-order valence-electron chi connectivity index (χ4n) is 3.00. The molecule has 0 saturated heterocycles. The van der Waals surface area contributed by atoms with Gasteiger partial charge in [-0.15, -0.1) is 0 Å². The van der Waals surface area contributed by atoms with Gasteiger partial charge in [0.25, 0.3) is 5.91 Å². The number of esters is 1. The van der Waals surface area contributed by atoms with E-state index in [0.29, 0.717) is 11.3 Å². The summed E-state index contributed by atoms with van der Waals surface area (Å²) < 4.78 is 29.5. The van der Waals surface area contributed by atoms with E-state index in [1.807, 2.05) is 32.0 Å². The van der Waals surface area contributed by atoms with Gasteiger partial charge in [0.1, 0.15) is 11.6 Å². The predicted molar refractivity (Wildman–Crippen MR) is 122 cm³/mol. The van der Waals surface area contributed by atoms with Crippen LogP contribution in [0.1, 0.15) is 27.0 Å². The maximum atomic E-state index is 13.3. The van der Waals surface area contributed by atoms with Crippen molar-refractivity contribution in [2.75, 3.05) is 13.7 Å². The second kappa shape index (κ2) is 10.9. The van der Waals surface area contributed by atoms with Crippen molar-refractivity contribution in [2.45, 2.75) is 13.8 Å². The molecule has 1 N–H and O–H groups in total. The van der Waals surface area contributed by atoms with Crippen LogP contribution >= 0.6 is 0 Å². The second-order valence-electron chi connectivity index (χ2n) is 7.11. The second-order valence-corrected chi connectivity index (χ2v) is 7.11. The number of benzene rings is 3. The van der Waals surface area contributed by atoms with Gasteiger partial charge in [-0.1, -0.05) is 24.3 Å². The lowest BCUT2D eigenvalue weighted by Gasteiger charge is -2.11. The molecule has 0 bridgehead atoms. The van der Waals surface area contributed by atoms with Gasteiger partial charge in [-0.2, -0.15) is 5.10 Å². The Kier molecular flexibility index (Phi) is 7.75. The molecule has 33 heavy (non-hydrogen) atoms. The normalized spacial score (nSPS) is 10.7. The Labute approximate surface area is 190 Å². The molecule has 7 nitrogen and oxygen atoms in total. The van der Waals surface area contributed by atoms with Crippen molar-refractivity contribution in [3.05, 3.63) is 88.7 Å². The average Bonchev–Trinajstić information content (AvgIpc) is 2.79. The maximum Gasteiger partial charge on any atom is 0.343 e. The Morgan fingerprint density at radius 1 is 1.00 bits per heavy atom. The van der Waals surface area contributed by atoms with Gasteiger partial charge in [-0.3, -0.25) is 4.79 Å². The lowest BCUT2D eigenvalue weighted by molar-refractivity contribution is -0.123. The third kappa shape index (κ3) is 6.39. The monoisotopic (exact) mass is 450 g/mol. The molecule has 170 valence electrons. The number of hydrogen-bond acceptors (Lipinski definition) is 6. The SMILES string of the molecule is COc1cc(/C=N/NC(=O)COc2c(C)cccc2C)ccc1OC(=O)c1cccc(F)c1. The molecular formula is C25H23FN2O5. The van der Waals surface area contributed by atoms with Crippen LogP contribution in [0.4, 0.5) is 4.39 Å². The minimum atomic E-state index is -0.717. The van der Waals surface area contributed by atoms with E-state index in [9.17, 15) is 14.0 Å². The van der Waals surface area contributed by atoms with Crippen LogP contribution in [-0.4, -0.2) is 31.8 Å². The summed E-state index contributed by atoms with van der Waals surface area (Å²) >= 11 is 0. The number of halogens is 1. The van der Waals surface area contributed by atoms with Crippen LogP contribution in [0.25, 0.3) is 0 Å². The summed E-state index contributed by atoms with van der Waals surface area (Å²) in [7, 11) is 1.42. The summed E-state index contributed by atoms with van der Waals surface area (Å²) in [6.45, 7) is 3.64. The largest absolute Gasteiger partial charge is 0.493 e. The Bertz CT molecular complexity index is 1170. The molecule has 0 aliphatic carbocycles. The Morgan fingerprint density at radius 2 is 1.73 bits per heavy atom. The van der Waals surface area contributed by atoms with E-state index < -0.39 is 17.7 Å². The van der Waals surface area contributed by atoms with E-state index in [-0.39, 0.29) is 23.7 Å². The first-order valence-corrected chi connectivity index (χ1v) is 10.0. The summed E-state index contributed by atoms with van der Waals surface area (Å²) in [6.07, 6.45) is 1.41. The number of aryl methyl sites for hydroxylation is 2. The van der Waals surface area contributed by atoms with E-state index in [0.717, 1.165) is 17.2 Å². The lowest BCUT2D eigenvalue weighted by atomic mass is 10.1. The summed E-state index contributed by atoms with van der Waals surface area (Å²) in [5, 5.41) is 3.91. The van der Waals surface area contributed by atoms with Gasteiger partial charge in [0.15, 0.2) is 18.1 Å². The molecule has 0 spiro atoms. The Hall–Kier alpha value is -4.20. The first kappa shape index (κ1) is 23.5. The molecule has 8 heteroatoms. The summed E-state index contributed by atoms with van der Waals surface area (Å²) in [6, 6.07) is 15.7. The number of hydrazone groups is 1. The molecule has 1 amide bonds. The number of hydrogen-bond donors (Lipinski definition) is 1. The third-order valence-corrected chi connectivity index (χ3v) is 4.61. The van der Waals surface area contributed by atoms with Crippen LogP contribution < -0.4 is 19.6 Å². The van der Waals surface area contributed by atoms with Crippen LogP contribution in [0.5, 0.6) is 17.2 Å². The average molecular weight is 450 g/mol. The molecular weight excluding hydrogens is 427 g/mol. The zero-order chi connectivity index (χ0) is 23.8. The van der Waals surface area contributed by atoms with Crippen molar-refractivity contribution in [3.8, 4) is 17.2 Å². The van der Waals surface area contributed by atoms with Crippen LogP contribution in [0.2, 0.25) is 0 Å². The van der Waals surface area contributed by atoms with Crippen molar-refractivity contribution >= 4 is 18.1 Å². The van der Waals surface area contributed by atoms with E-state index in [1.54, 1.807) is 12.1 Å². The summed E-state index contributed by atoms with van der Waals surface area (Å²) in [4.78, 5) is 24.3. The van der Waals surface area contributed by atoms with Crippen molar-refractivity contribution in [2.24, 2.45) is 5.10 Å². The first-order chi connectivity index (χ1) is 15.9. The fourth-order valence-corrected chi connectivity index (χ4v) is 3.00. The molecule has 0 aliphatic heterocycles. The minimum absolute atomic E-state index is 0.0773. The maximum absolute atomic E-state index is 13.3. The first-order valence-electron chi connectivity index (χ1n) is 10.0. The Balaban J connectivity index is 1.58. The number of amides is 1. The standard InChI is InChI=1S/C25H23FN2O5/c1-16-6-4-7-17(2)24(16)32-15-23(29)28-27-14-18-10-11-21(22(12-18)31-3)33-25(30)19-8-5-9-20(26)13-19/h4-14H,15H2,1-3H3,(H,28,29)/b27-14+. The van der Waals surface area contributed by atoms with Gasteiger partial charge in [0, 0.05) is 0 Å². The van der Waals surface area contributed by atoms with Crippen LogP contribution in [-0.2, 0) is 4.79 Å². The number of carbonyl (C=O) groups is 2. The molecule has 3 aromatic carbocycles. The highest BCUT2D eigenvalue weighted by atomic mass is 19.1. The smallest absolute Gasteiger partial charge is 0.343 e. The fraction of sp³-hybridized carbons (Fsp3) is 0.160. The van der Waals surface area contributed by atoms with Gasteiger partial charge in [-0.25, -0.2) is 14.6 Å². The zero-order valence-electron chi connectivity index (χ0n) is 18.4. The molecule has 0 aromatic heterocycles. The molecule has 0 aliphatic rings. The number of carbonyl (C=O) groups excluding carboxylic acids is 2. The number of para-hydroxylation sites is 1.